The van der Waals surface area contributed by atoms with Gasteiger partial charge in [0.1, 0.15) is 17.6 Å². The zero-order valence-corrected chi connectivity index (χ0v) is 16.2. The third-order valence-electron chi connectivity index (χ3n) is 4.82. The van der Waals surface area contributed by atoms with Crippen LogP contribution in [0.3, 0.4) is 0 Å². The average Bonchev–Trinajstić information content (AvgIpc) is 2.95. The minimum atomic E-state index is -0.552. The van der Waals surface area contributed by atoms with Crippen molar-refractivity contribution in [1.29, 1.82) is 0 Å². The Morgan fingerprint density at radius 2 is 2.21 bits per heavy atom. The zero-order valence-electron chi connectivity index (χ0n) is 15.4. The van der Waals surface area contributed by atoms with E-state index in [-0.39, 0.29) is 29.6 Å². The Bertz CT molecular complexity index is 963. The number of urea groups is 1. The lowest BCUT2D eigenvalue weighted by Gasteiger charge is -2.27. The minimum absolute atomic E-state index is 0.0663. The third kappa shape index (κ3) is 3.31. The SMILES string of the molecule is CC1Cn2nc3c(c2C(=O)N(C)O1)CN(C(=O)Nc1ccc(F)c(Cl)c1)CC3. The van der Waals surface area contributed by atoms with Crippen molar-refractivity contribution in [3.05, 3.63) is 46.0 Å². The highest BCUT2D eigenvalue weighted by molar-refractivity contribution is 6.31. The second-order valence-corrected chi connectivity index (χ2v) is 7.31. The first-order chi connectivity index (χ1) is 13.3. The molecule has 0 bridgehead atoms. The number of fused-ring (bicyclic) bond motifs is 3. The van der Waals surface area contributed by atoms with E-state index >= 15 is 0 Å². The molecule has 0 aliphatic carbocycles. The topological polar surface area (TPSA) is 79.7 Å². The van der Waals surface area contributed by atoms with Crippen LogP contribution in [-0.2, 0) is 24.3 Å². The summed E-state index contributed by atoms with van der Waals surface area (Å²) in [5.41, 5.74) is 2.39. The predicted octanol–water partition coefficient (Wildman–Crippen LogP) is 2.67. The van der Waals surface area contributed by atoms with Gasteiger partial charge in [0.05, 0.1) is 23.8 Å². The molecule has 1 unspecified atom stereocenters. The summed E-state index contributed by atoms with van der Waals surface area (Å²) in [6, 6.07) is 3.64. The van der Waals surface area contributed by atoms with Crippen LogP contribution < -0.4 is 5.32 Å². The van der Waals surface area contributed by atoms with E-state index in [1.54, 1.807) is 16.6 Å². The van der Waals surface area contributed by atoms with Crippen molar-refractivity contribution in [2.75, 3.05) is 18.9 Å². The molecule has 0 radical (unpaired) electrons. The Hall–Kier alpha value is -2.65. The van der Waals surface area contributed by atoms with Gasteiger partial charge in [-0.05, 0) is 25.1 Å². The normalized spacial score (nSPS) is 19.1. The van der Waals surface area contributed by atoms with E-state index in [1.165, 1.54) is 23.3 Å². The molecule has 3 heterocycles. The van der Waals surface area contributed by atoms with E-state index in [9.17, 15) is 14.0 Å². The lowest BCUT2D eigenvalue weighted by molar-refractivity contribution is -0.141. The number of amides is 3. The van der Waals surface area contributed by atoms with E-state index in [4.69, 9.17) is 16.4 Å². The highest BCUT2D eigenvalue weighted by atomic mass is 35.5. The van der Waals surface area contributed by atoms with Gasteiger partial charge in [0.25, 0.3) is 5.91 Å². The van der Waals surface area contributed by atoms with Crippen LogP contribution in [0.4, 0.5) is 14.9 Å². The van der Waals surface area contributed by atoms with Crippen molar-refractivity contribution < 1.29 is 18.8 Å². The molecule has 0 fully saturated rings. The molecule has 1 aromatic carbocycles. The van der Waals surface area contributed by atoms with E-state index in [0.717, 1.165) is 11.3 Å². The molecule has 0 saturated heterocycles. The number of halogens is 2. The fourth-order valence-electron chi connectivity index (χ4n) is 3.49. The van der Waals surface area contributed by atoms with Crippen LogP contribution in [-0.4, -0.2) is 51.4 Å². The fraction of sp³-hybridized carbons (Fsp3) is 0.389. The molecular formula is C18H19ClFN5O3. The van der Waals surface area contributed by atoms with Crippen LogP contribution in [0.15, 0.2) is 18.2 Å². The summed E-state index contributed by atoms with van der Waals surface area (Å²) in [4.78, 5) is 32.5. The molecule has 2 aromatic rings. The maximum atomic E-state index is 13.3. The minimum Gasteiger partial charge on any atom is -0.320 e. The number of hydrogen-bond acceptors (Lipinski definition) is 4. The van der Waals surface area contributed by atoms with Crippen LogP contribution in [0.1, 0.15) is 28.7 Å². The van der Waals surface area contributed by atoms with Gasteiger partial charge < -0.3 is 10.2 Å². The first-order valence-corrected chi connectivity index (χ1v) is 9.25. The Morgan fingerprint density at radius 3 is 2.96 bits per heavy atom. The molecule has 2 aliphatic rings. The van der Waals surface area contributed by atoms with Crippen LogP contribution in [0.5, 0.6) is 0 Å². The number of anilines is 1. The van der Waals surface area contributed by atoms with Crippen molar-refractivity contribution in [2.45, 2.75) is 32.5 Å². The van der Waals surface area contributed by atoms with Crippen LogP contribution in [0.25, 0.3) is 0 Å². The molecule has 10 heteroatoms. The van der Waals surface area contributed by atoms with Gasteiger partial charge in [-0.3, -0.25) is 14.3 Å². The molecular weight excluding hydrogens is 389 g/mol. The molecule has 1 N–H and O–H groups in total. The van der Waals surface area contributed by atoms with Crippen molar-refractivity contribution in [3.8, 4) is 0 Å². The Kier molecular flexibility index (Phi) is 4.72. The van der Waals surface area contributed by atoms with Gasteiger partial charge in [0.2, 0.25) is 0 Å². The fourth-order valence-corrected chi connectivity index (χ4v) is 3.67. The van der Waals surface area contributed by atoms with Crippen LogP contribution in [0.2, 0.25) is 5.02 Å². The molecule has 1 atom stereocenters. The number of nitrogens with one attached hydrogen (secondary N) is 1. The molecule has 0 spiro atoms. The number of rotatable bonds is 1. The highest BCUT2D eigenvalue weighted by Gasteiger charge is 2.34. The first kappa shape index (κ1) is 18.7. The second-order valence-electron chi connectivity index (χ2n) is 6.91. The van der Waals surface area contributed by atoms with E-state index in [2.05, 4.69) is 10.4 Å². The lowest BCUT2D eigenvalue weighted by Crippen LogP contribution is -2.39. The lowest BCUT2D eigenvalue weighted by atomic mass is 10.1. The van der Waals surface area contributed by atoms with Crippen LogP contribution >= 0.6 is 11.6 Å². The van der Waals surface area contributed by atoms with Gasteiger partial charge >= 0.3 is 6.03 Å². The summed E-state index contributed by atoms with van der Waals surface area (Å²) in [6.45, 7) is 3.03. The van der Waals surface area contributed by atoms with Crippen molar-refractivity contribution >= 4 is 29.2 Å². The molecule has 148 valence electrons. The molecule has 28 heavy (non-hydrogen) atoms. The van der Waals surface area contributed by atoms with Gasteiger partial charge in [-0.1, -0.05) is 11.6 Å². The Labute approximate surface area is 165 Å². The molecule has 0 saturated carbocycles. The van der Waals surface area contributed by atoms with Gasteiger partial charge in [-0.2, -0.15) is 5.10 Å². The smallest absolute Gasteiger partial charge is 0.320 e. The Morgan fingerprint density at radius 1 is 1.43 bits per heavy atom. The van der Waals surface area contributed by atoms with Gasteiger partial charge in [-0.25, -0.2) is 14.2 Å². The Balaban J connectivity index is 1.57. The predicted molar refractivity (Wildman–Crippen MR) is 99.4 cm³/mol. The van der Waals surface area contributed by atoms with Crippen molar-refractivity contribution in [1.82, 2.24) is 19.7 Å². The monoisotopic (exact) mass is 407 g/mol. The molecule has 3 amide bonds. The second kappa shape index (κ2) is 7.06. The maximum absolute atomic E-state index is 13.3. The largest absolute Gasteiger partial charge is 0.322 e. The van der Waals surface area contributed by atoms with Crippen molar-refractivity contribution in [2.24, 2.45) is 0 Å². The summed E-state index contributed by atoms with van der Waals surface area (Å²) in [6.07, 6.45) is 0.346. The summed E-state index contributed by atoms with van der Waals surface area (Å²) >= 11 is 5.77. The maximum Gasteiger partial charge on any atom is 0.322 e. The first-order valence-electron chi connectivity index (χ1n) is 8.88. The molecule has 2 aliphatic heterocycles. The number of aromatic nitrogens is 2. The van der Waals surface area contributed by atoms with E-state index < -0.39 is 5.82 Å². The number of carbonyl (C=O) groups excluding carboxylic acids is 2. The average molecular weight is 408 g/mol. The van der Waals surface area contributed by atoms with Gasteiger partial charge in [-0.15, -0.1) is 0 Å². The summed E-state index contributed by atoms with van der Waals surface area (Å²) < 4.78 is 15.0. The van der Waals surface area contributed by atoms with Gasteiger partial charge in [0.15, 0.2) is 0 Å². The van der Waals surface area contributed by atoms with Crippen LogP contribution in [0, 0.1) is 5.82 Å². The quantitative estimate of drug-likeness (QED) is 0.788. The number of benzene rings is 1. The summed E-state index contributed by atoms with van der Waals surface area (Å²) in [5.74, 6) is -0.838. The van der Waals surface area contributed by atoms with Gasteiger partial charge in [0, 0.05) is 31.3 Å². The number of hydrogen-bond donors (Lipinski definition) is 1. The van der Waals surface area contributed by atoms with Crippen molar-refractivity contribution in [3.63, 3.8) is 0 Å². The summed E-state index contributed by atoms with van der Waals surface area (Å²) in [7, 11) is 1.57. The van der Waals surface area contributed by atoms with E-state index in [1.807, 2.05) is 6.92 Å². The molecule has 4 rings (SSSR count). The number of carbonyl (C=O) groups is 2. The summed E-state index contributed by atoms with van der Waals surface area (Å²) in [5, 5.41) is 8.42. The highest BCUT2D eigenvalue weighted by Crippen LogP contribution is 2.27. The number of nitrogens with zero attached hydrogens (tertiary/aromatic N) is 4. The molecule has 1 aromatic heterocycles. The zero-order chi connectivity index (χ0) is 20.0. The number of hydroxylamine groups is 2. The third-order valence-corrected chi connectivity index (χ3v) is 5.11. The molecule has 8 nitrogen and oxygen atoms in total. The standard InChI is InChI=1S/C18H19ClFN5O3/c1-10-8-25-16(17(26)23(2)28-10)12-9-24(6-5-15(12)22-25)18(27)21-11-3-4-14(20)13(19)7-11/h3-4,7,10H,5-6,8-9H2,1-2H3,(H,21,27). The van der Waals surface area contributed by atoms with E-state index in [0.29, 0.717) is 30.9 Å².